The lowest BCUT2D eigenvalue weighted by atomic mass is 10.1. The number of anilines is 1. The number of hydrogen-bond acceptors (Lipinski definition) is 3. The molecule has 1 atom stereocenters. The first-order valence-electron chi connectivity index (χ1n) is 8.78. The molecule has 0 radical (unpaired) electrons. The first-order chi connectivity index (χ1) is 12.4. The molecule has 0 aromatic heterocycles. The second-order valence-electron chi connectivity index (χ2n) is 6.43. The van der Waals surface area contributed by atoms with E-state index in [1.807, 2.05) is 45.0 Å². The Labute approximate surface area is 155 Å². The summed E-state index contributed by atoms with van der Waals surface area (Å²) in [5, 5.41) is 15.3. The molecule has 0 saturated carbocycles. The van der Waals surface area contributed by atoms with Crippen LogP contribution in [-0.4, -0.2) is 5.91 Å². The summed E-state index contributed by atoms with van der Waals surface area (Å²) in [7, 11) is 0. The maximum atomic E-state index is 12.4. The zero-order valence-corrected chi connectivity index (χ0v) is 15.8. The van der Waals surface area contributed by atoms with E-state index in [2.05, 4.69) is 41.8 Å². The molecule has 0 heterocycles. The molecule has 0 bridgehead atoms. The Morgan fingerprint density at radius 3 is 2.46 bits per heavy atom. The Bertz CT molecular complexity index is 845. The number of benzene rings is 2. The quantitative estimate of drug-likeness (QED) is 0.594. The molecule has 0 aliphatic carbocycles. The van der Waals surface area contributed by atoms with Crippen LogP contribution in [0.25, 0.3) is 0 Å². The van der Waals surface area contributed by atoms with Gasteiger partial charge in [-0.2, -0.15) is 5.26 Å². The van der Waals surface area contributed by atoms with Crippen molar-refractivity contribution in [3.63, 3.8) is 0 Å². The average molecular weight is 347 g/mol. The molecular formula is C22H25N3O. The van der Waals surface area contributed by atoms with Crippen LogP contribution in [0.3, 0.4) is 0 Å². The van der Waals surface area contributed by atoms with Crippen LogP contribution >= 0.6 is 0 Å². The van der Waals surface area contributed by atoms with E-state index >= 15 is 0 Å². The number of aryl methyl sites for hydroxylation is 3. The minimum absolute atomic E-state index is 0.00170. The second-order valence-corrected chi connectivity index (χ2v) is 6.43. The number of hydrogen-bond donors (Lipinski definition) is 2. The van der Waals surface area contributed by atoms with Gasteiger partial charge in [-0.05, 0) is 49.9 Å². The van der Waals surface area contributed by atoms with E-state index in [0.29, 0.717) is 5.69 Å². The fourth-order valence-electron chi connectivity index (χ4n) is 2.64. The van der Waals surface area contributed by atoms with Crippen molar-refractivity contribution in [3.05, 3.63) is 76.5 Å². The van der Waals surface area contributed by atoms with Crippen molar-refractivity contribution in [2.75, 3.05) is 5.32 Å². The standard InChI is InChI=1S/C22H25N3O/c1-5-18-7-9-19(10-8-18)17(4)24-14-20(13-23)22(26)25-21-11-6-15(2)12-16(21)3/h6-12,14,17,24H,5H2,1-4H3,(H,25,26)/b20-14-. The zero-order valence-electron chi connectivity index (χ0n) is 15.8. The van der Waals surface area contributed by atoms with Gasteiger partial charge in [0.1, 0.15) is 11.6 Å². The fourth-order valence-corrected chi connectivity index (χ4v) is 2.64. The molecule has 0 aliphatic rings. The SMILES string of the molecule is CCc1ccc(C(C)N/C=C(/C#N)C(=O)Nc2ccc(C)cc2C)cc1. The van der Waals surface area contributed by atoms with Gasteiger partial charge in [0.25, 0.3) is 5.91 Å². The maximum Gasteiger partial charge on any atom is 0.267 e. The molecular weight excluding hydrogens is 322 g/mol. The lowest BCUT2D eigenvalue weighted by Gasteiger charge is -2.14. The Morgan fingerprint density at radius 2 is 1.88 bits per heavy atom. The van der Waals surface area contributed by atoms with Crippen LogP contribution in [0.2, 0.25) is 0 Å². The first kappa shape index (κ1) is 19.3. The number of amides is 1. The highest BCUT2D eigenvalue weighted by molar-refractivity contribution is 6.06. The highest BCUT2D eigenvalue weighted by Gasteiger charge is 2.12. The van der Waals surface area contributed by atoms with E-state index in [0.717, 1.165) is 23.1 Å². The van der Waals surface area contributed by atoms with Crippen molar-refractivity contribution >= 4 is 11.6 Å². The second kappa shape index (κ2) is 8.87. The molecule has 134 valence electrons. The molecule has 0 aliphatic heterocycles. The summed E-state index contributed by atoms with van der Waals surface area (Å²) in [6, 6.07) is 16.0. The van der Waals surface area contributed by atoms with Crippen LogP contribution in [-0.2, 0) is 11.2 Å². The monoisotopic (exact) mass is 347 g/mol. The van der Waals surface area contributed by atoms with E-state index in [4.69, 9.17) is 0 Å². The van der Waals surface area contributed by atoms with Gasteiger partial charge in [-0.3, -0.25) is 4.79 Å². The summed E-state index contributed by atoms with van der Waals surface area (Å²) in [5.74, 6) is -0.416. The van der Waals surface area contributed by atoms with Gasteiger partial charge in [-0.15, -0.1) is 0 Å². The number of carbonyl (C=O) groups is 1. The zero-order chi connectivity index (χ0) is 19.1. The van der Waals surface area contributed by atoms with Crippen LogP contribution in [0.4, 0.5) is 5.69 Å². The average Bonchev–Trinajstić information content (AvgIpc) is 2.64. The van der Waals surface area contributed by atoms with Crippen molar-refractivity contribution in [1.29, 1.82) is 5.26 Å². The third-order valence-electron chi connectivity index (χ3n) is 4.36. The van der Waals surface area contributed by atoms with Crippen molar-refractivity contribution in [2.24, 2.45) is 0 Å². The van der Waals surface area contributed by atoms with Gasteiger partial charge < -0.3 is 10.6 Å². The Hall–Kier alpha value is -3.06. The van der Waals surface area contributed by atoms with Gasteiger partial charge >= 0.3 is 0 Å². The molecule has 2 aromatic rings. The number of nitriles is 1. The molecule has 0 saturated heterocycles. The molecule has 2 rings (SSSR count). The van der Waals surface area contributed by atoms with Crippen LogP contribution < -0.4 is 10.6 Å². The molecule has 0 fully saturated rings. The third kappa shape index (κ3) is 4.97. The van der Waals surface area contributed by atoms with Crippen molar-refractivity contribution in [2.45, 2.75) is 40.2 Å². The molecule has 2 N–H and O–H groups in total. The van der Waals surface area contributed by atoms with Gasteiger partial charge in [-0.25, -0.2) is 0 Å². The Kier molecular flexibility index (Phi) is 6.57. The van der Waals surface area contributed by atoms with E-state index < -0.39 is 5.91 Å². The van der Waals surface area contributed by atoms with Crippen LogP contribution in [0, 0.1) is 25.2 Å². The molecule has 26 heavy (non-hydrogen) atoms. The molecule has 4 nitrogen and oxygen atoms in total. The molecule has 2 aromatic carbocycles. The predicted molar refractivity (Wildman–Crippen MR) is 106 cm³/mol. The van der Waals surface area contributed by atoms with E-state index in [9.17, 15) is 10.1 Å². The van der Waals surface area contributed by atoms with E-state index in [1.54, 1.807) is 0 Å². The predicted octanol–water partition coefficient (Wildman–Crippen LogP) is 4.56. The molecule has 1 amide bonds. The third-order valence-corrected chi connectivity index (χ3v) is 4.36. The van der Waals surface area contributed by atoms with Crippen LogP contribution in [0.1, 0.15) is 42.1 Å². The Morgan fingerprint density at radius 1 is 1.19 bits per heavy atom. The van der Waals surface area contributed by atoms with Gasteiger partial charge in [-0.1, -0.05) is 48.9 Å². The number of nitrogens with zero attached hydrogens (tertiary/aromatic N) is 1. The van der Waals surface area contributed by atoms with E-state index in [1.165, 1.54) is 11.8 Å². The minimum Gasteiger partial charge on any atom is -0.383 e. The van der Waals surface area contributed by atoms with Gasteiger partial charge in [0.15, 0.2) is 0 Å². The molecule has 1 unspecified atom stereocenters. The van der Waals surface area contributed by atoms with Crippen molar-refractivity contribution < 1.29 is 4.79 Å². The van der Waals surface area contributed by atoms with Gasteiger partial charge in [0.05, 0.1) is 0 Å². The van der Waals surface area contributed by atoms with Crippen molar-refractivity contribution in [3.8, 4) is 6.07 Å². The maximum absolute atomic E-state index is 12.4. The minimum atomic E-state index is -0.416. The first-order valence-corrected chi connectivity index (χ1v) is 8.78. The smallest absolute Gasteiger partial charge is 0.267 e. The highest BCUT2D eigenvalue weighted by Crippen LogP contribution is 2.17. The summed E-state index contributed by atoms with van der Waals surface area (Å²) < 4.78 is 0. The molecule has 0 spiro atoms. The summed E-state index contributed by atoms with van der Waals surface area (Å²) in [4.78, 5) is 12.4. The topological polar surface area (TPSA) is 64.9 Å². The number of nitrogens with one attached hydrogen (secondary N) is 2. The lowest BCUT2D eigenvalue weighted by molar-refractivity contribution is -0.112. The summed E-state index contributed by atoms with van der Waals surface area (Å²) in [6.07, 6.45) is 2.48. The lowest BCUT2D eigenvalue weighted by Crippen LogP contribution is -2.19. The van der Waals surface area contributed by atoms with Crippen LogP contribution in [0.5, 0.6) is 0 Å². The van der Waals surface area contributed by atoms with Gasteiger partial charge in [0.2, 0.25) is 0 Å². The van der Waals surface area contributed by atoms with Crippen LogP contribution in [0.15, 0.2) is 54.2 Å². The van der Waals surface area contributed by atoms with Gasteiger partial charge in [0, 0.05) is 17.9 Å². The number of carbonyl (C=O) groups excluding carboxylic acids is 1. The summed E-state index contributed by atoms with van der Waals surface area (Å²) in [5.41, 5.74) is 5.23. The highest BCUT2D eigenvalue weighted by atomic mass is 16.1. The normalized spacial score (nSPS) is 12.2. The Balaban J connectivity index is 2.06. The fraction of sp³-hybridized carbons (Fsp3) is 0.273. The largest absolute Gasteiger partial charge is 0.383 e. The van der Waals surface area contributed by atoms with E-state index in [-0.39, 0.29) is 11.6 Å². The summed E-state index contributed by atoms with van der Waals surface area (Å²) >= 11 is 0. The molecule has 4 heteroatoms. The van der Waals surface area contributed by atoms with Crippen molar-refractivity contribution in [1.82, 2.24) is 5.32 Å². The number of rotatable bonds is 6. The summed E-state index contributed by atoms with van der Waals surface area (Å²) in [6.45, 7) is 8.04.